The minimum absolute atomic E-state index is 0.447. The molecule has 20 heavy (non-hydrogen) atoms. The Kier molecular flexibility index (Phi) is 7.70. The average molecular weight is 279 g/mol. The molecule has 1 aromatic rings. The third-order valence-corrected chi connectivity index (χ3v) is 3.42. The fourth-order valence-corrected chi connectivity index (χ4v) is 2.52. The van der Waals surface area contributed by atoms with Crippen LogP contribution in [0.1, 0.15) is 55.9 Å². The summed E-state index contributed by atoms with van der Waals surface area (Å²) in [7, 11) is 0. The van der Waals surface area contributed by atoms with Gasteiger partial charge in [0.1, 0.15) is 5.82 Å². The molecule has 0 aliphatic rings. The second-order valence-electron chi connectivity index (χ2n) is 5.28. The maximum atomic E-state index is 5.37. The Morgan fingerprint density at radius 2 is 1.80 bits per heavy atom. The van der Waals surface area contributed by atoms with Gasteiger partial charge >= 0.3 is 0 Å². The van der Waals surface area contributed by atoms with Crippen LogP contribution in [0.5, 0.6) is 0 Å². The van der Waals surface area contributed by atoms with Gasteiger partial charge in [0.15, 0.2) is 0 Å². The van der Waals surface area contributed by atoms with Gasteiger partial charge in [-0.05, 0) is 45.2 Å². The fraction of sp³-hybridized carbons (Fsp3) is 0.750. The second-order valence-corrected chi connectivity index (χ2v) is 5.28. The maximum absolute atomic E-state index is 5.37. The molecule has 0 aliphatic carbocycles. The summed E-state index contributed by atoms with van der Waals surface area (Å²) in [6, 6.07) is 0. The predicted octanol–water partition coefficient (Wildman–Crippen LogP) is 2.78. The first kappa shape index (κ1) is 17.1. The molecule has 4 nitrogen and oxygen atoms in total. The van der Waals surface area contributed by atoms with Crippen LogP contribution in [-0.4, -0.2) is 36.3 Å². The molecule has 0 aliphatic heterocycles. The zero-order valence-electron chi connectivity index (χ0n) is 13.6. The predicted molar refractivity (Wildman–Crippen MR) is 83.3 cm³/mol. The Bertz CT molecular complexity index is 384. The molecule has 0 saturated carbocycles. The van der Waals surface area contributed by atoms with E-state index in [1.165, 1.54) is 5.56 Å². The molecule has 114 valence electrons. The molecule has 0 bridgehead atoms. The Morgan fingerprint density at radius 1 is 1.15 bits per heavy atom. The van der Waals surface area contributed by atoms with Gasteiger partial charge < -0.3 is 10.1 Å². The minimum atomic E-state index is 0.447. The highest BCUT2D eigenvalue weighted by Crippen LogP contribution is 2.20. The summed E-state index contributed by atoms with van der Waals surface area (Å²) in [5.74, 6) is 1.34. The normalized spacial score (nSPS) is 12.7. The van der Waals surface area contributed by atoms with Gasteiger partial charge in [0, 0.05) is 31.0 Å². The van der Waals surface area contributed by atoms with Crippen LogP contribution >= 0.6 is 0 Å². The van der Waals surface area contributed by atoms with Crippen molar-refractivity contribution in [1.29, 1.82) is 0 Å². The van der Waals surface area contributed by atoms with Crippen LogP contribution in [-0.2, 0) is 11.2 Å². The van der Waals surface area contributed by atoms with Crippen LogP contribution in [0.25, 0.3) is 0 Å². The van der Waals surface area contributed by atoms with Crippen molar-refractivity contribution < 1.29 is 4.74 Å². The summed E-state index contributed by atoms with van der Waals surface area (Å²) in [4.78, 5) is 9.27. The van der Waals surface area contributed by atoms with Crippen LogP contribution in [0.3, 0.4) is 0 Å². The zero-order chi connectivity index (χ0) is 15.0. The quantitative estimate of drug-likeness (QED) is 0.706. The highest BCUT2D eigenvalue weighted by Gasteiger charge is 2.14. The monoisotopic (exact) mass is 279 g/mol. The number of hydrogen-bond acceptors (Lipinski definition) is 4. The van der Waals surface area contributed by atoms with Crippen molar-refractivity contribution in [2.45, 2.75) is 53.4 Å². The molecule has 0 spiro atoms. The van der Waals surface area contributed by atoms with Gasteiger partial charge in [-0.3, -0.25) is 0 Å². The van der Waals surface area contributed by atoms with E-state index in [-0.39, 0.29) is 0 Å². The molecule has 0 fully saturated rings. The summed E-state index contributed by atoms with van der Waals surface area (Å²) in [6.45, 7) is 14.1. The van der Waals surface area contributed by atoms with E-state index in [0.717, 1.165) is 49.8 Å². The van der Waals surface area contributed by atoms with Crippen LogP contribution in [0.2, 0.25) is 0 Å². The Labute approximate surface area is 123 Å². The molecule has 1 heterocycles. The number of aryl methyl sites for hydroxylation is 2. The molecule has 1 unspecified atom stereocenters. The van der Waals surface area contributed by atoms with Crippen LogP contribution in [0.4, 0.5) is 0 Å². The lowest BCUT2D eigenvalue weighted by molar-refractivity contribution is 0.149. The van der Waals surface area contributed by atoms with Crippen molar-refractivity contribution in [3.8, 4) is 0 Å². The second kappa shape index (κ2) is 9.03. The summed E-state index contributed by atoms with van der Waals surface area (Å²) >= 11 is 0. The van der Waals surface area contributed by atoms with Crippen molar-refractivity contribution in [3.05, 3.63) is 22.8 Å². The molecular weight excluding hydrogens is 250 g/mol. The Balaban J connectivity index is 2.72. The number of hydrogen-bond donors (Lipinski definition) is 1. The first-order chi connectivity index (χ1) is 9.60. The number of aromatic nitrogens is 2. The molecule has 1 N–H and O–H groups in total. The zero-order valence-corrected chi connectivity index (χ0v) is 13.6. The SMILES string of the molecule is CCCNCC(C)c1c(C)nc(CCOCC)nc1C. The lowest BCUT2D eigenvalue weighted by Gasteiger charge is -2.18. The van der Waals surface area contributed by atoms with Gasteiger partial charge in [0.05, 0.1) is 6.61 Å². The fourth-order valence-electron chi connectivity index (χ4n) is 2.52. The van der Waals surface area contributed by atoms with Gasteiger partial charge in [-0.1, -0.05) is 13.8 Å². The van der Waals surface area contributed by atoms with E-state index in [1.807, 2.05) is 6.92 Å². The van der Waals surface area contributed by atoms with Crippen LogP contribution in [0.15, 0.2) is 0 Å². The number of nitrogens with zero attached hydrogens (tertiary/aromatic N) is 2. The number of rotatable bonds is 9. The van der Waals surface area contributed by atoms with Gasteiger partial charge in [-0.15, -0.1) is 0 Å². The molecule has 1 aromatic heterocycles. The van der Waals surface area contributed by atoms with Crippen LogP contribution < -0.4 is 5.32 Å². The van der Waals surface area contributed by atoms with Gasteiger partial charge in [0.2, 0.25) is 0 Å². The third-order valence-electron chi connectivity index (χ3n) is 3.42. The lowest BCUT2D eigenvalue weighted by Crippen LogP contribution is -2.22. The van der Waals surface area contributed by atoms with E-state index in [0.29, 0.717) is 12.5 Å². The first-order valence-corrected chi connectivity index (χ1v) is 7.72. The average Bonchev–Trinajstić information content (AvgIpc) is 2.38. The molecular formula is C16H29N3O. The van der Waals surface area contributed by atoms with Crippen LogP contribution in [0, 0.1) is 13.8 Å². The number of nitrogens with one attached hydrogen (secondary N) is 1. The molecule has 1 rings (SSSR count). The van der Waals surface area contributed by atoms with E-state index >= 15 is 0 Å². The van der Waals surface area contributed by atoms with E-state index in [9.17, 15) is 0 Å². The molecule has 4 heteroatoms. The van der Waals surface area contributed by atoms with E-state index in [2.05, 4.69) is 43.0 Å². The van der Waals surface area contributed by atoms with E-state index < -0.39 is 0 Å². The molecule has 0 amide bonds. The molecule has 1 atom stereocenters. The van der Waals surface area contributed by atoms with E-state index in [1.54, 1.807) is 0 Å². The largest absolute Gasteiger partial charge is 0.381 e. The summed E-state index contributed by atoms with van der Waals surface area (Å²) in [6.07, 6.45) is 1.95. The summed E-state index contributed by atoms with van der Waals surface area (Å²) in [5.41, 5.74) is 3.50. The first-order valence-electron chi connectivity index (χ1n) is 7.72. The molecule has 0 radical (unpaired) electrons. The molecule has 0 aromatic carbocycles. The van der Waals surface area contributed by atoms with Crippen molar-refractivity contribution >= 4 is 0 Å². The van der Waals surface area contributed by atoms with Gasteiger partial charge in [-0.25, -0.2) is 9.97 Å². The van der Waals surface area contributed by atoms with Crippen molar-refractivity contribution in [2.75, 3.05) is 26.3 Å². The standard InChI is InChI=1S/C16H29N3O/c1-6-9-17-11-12(3)16-13(4)18-15(19-14(16)5)8-10-20-7-2/h12,17H,6-11H2,1-5H3. The topological polar surface area (TPSA) is 47.0 Å². The smallest absolute Gasteiger partial charge is 0.131 e. The highest BCUT2D eigenvalue weighted by molar-refractivity contribution is 5.28. The van der Waals surface area contributed by atoms with Gasteiger partial charge in [-0.2, -0.15) is 0 Å². The summed E-state index contributed by atoms with van der Waals surface area (Å²) < 4.78 is 5.37. The maximum Gasteiger partial charge on any atom is 0.131 e. The lowest BCUT2D eigenvalue weighted by atomic mass is 9.98. The van der Waals surface area contributed by atoms with Crippen molar-refractivity contribution in [2.24, 2.45) is 0 Å². The highest BCUT2D eigenvalue weighted by atomic mass is 16.5. The van der Waals surface area contributed by atoms with Crippen molar-refractivity contribution in [1.82, 2.24) is 15.3 Å². The Hall–Kier alpha value is -1.00. The Morgan fingerprint density at radius 3 is 2.35 bits per heavy atom. The number of ether oxygens (including phenoxy) is 1. The van der Waals surface area contributed by atoms with E-state index in [4.69, 9.17) is 4.74 Å². The summed E-state index contributed by atoms with van der Waals surface area (Å²) in [5, 5.41) is 3.47. The minimum Gasteiger partial charge on any atom is -0.381 e. The van der Waals surface area contributed by atoms with Crippen molar-refractivity contribution in [3.63, 3.8) is 0 Å². The van der Waals surface area contributed by atoms with Gasteiger partial charge in [0.25, 0.3) is 0 Å². The third kappa shape index (κ3) is 5.17. The molecule has 0 saturated heterocycles.